The van der Waals surface area contributed by atoms with Gasteiger partial charge in [0, 0.05) is 35.5 Å². The van der Waals surface area contributed by atoms with Gasteiger partial charge in [0.1, 0.15) is 11.6 Å². The first-order valence-electron chi connectivity index (χ1n) is 9.35. The lowest BCUT2D eigenvalue weighted by atomic mass is 10.0. The molecule has 0 spiro atoms. The van der Waals surface area contributed by atoms with Crippen LogP contribution in [0.3, 0.4) is 0 Å². The second-order valence-electron chi connectivity index (χ2n) is 7.29. The van der Waals surface area contributed by atoms with Crippen molar-refractivity contribution in [2.75, 3.05) is 6.54 Å². The van der Waals surface area contributed by atoms with E-state index >= 15 is 0 Å². The number of aromatic nitrogens is 4. The van der Waals surface area contributed by atoms with E-state index in [9.17, 15) is 4.79 Å². The monoisotopic (exact) mass is 400 g/mol. The van der Waals surface area contributed by atoms with Crippen molar-refractivity contribution >= 4 is 17.2 Å². The number of thiophene rings is 1. The summed E-state index contributed by atoms with van der Waals surface area (Å²) >= 11 is 1.65. The third-order valence-corrected chi connectivity index (χ3v) is 6.20. The van der Waals surface area contributed by atoms with Gasteiger partial charge in [0.15, 0.2) is 5.82 Å². The Bertz CT molecular complexity index is 985. The lowest BCUT2D eigenvalue weighted by Gasteiger charge is -2.27. The maximum absolute atomic E-state index is 12.8. The molecule has 9 heteroatoms. The summed E-state index contributed by atoms with van der Waals surface area (Å²) in [5.41, 5.74) is 4.05. The van der Waals surface area contributed by atoms with Crippen LogP contribution in [0.4, 0.5) is 0 Å². The van der Waals surface area contributed by atoms with Gasteiger partial charge in [-0.05, 0) is 39.7 Å². The number of carbonyl (C=O) groups excluding carboxylic acids is 1. The van der Waals surface area contributed by atoms with Gasteiger partial charge in [0.25, 0.3) is 5.91 Å². The number of nitrogens with zero attached hydrogens (tertiary/aromatic N) is 4. The average molecular weight is 401 g/mol. The molecule has 1 amide bonds. The minimum absolute atomic E-state index is 0.0633. The van der Waals surface area contributed by atoms with Crippen molar-refractivity contribution in [2.45, 2.75) is 53.2 Å². The Morgan fingerprint density at radius 1 is 1.43 bits per heavy atom. The van der Waals surface area contributed by atoms with Gasteiger partial charge in [-0.15, -0.1) is 11.3 Å². The zero-order chi connectivity index (χ0) is 19.8. The molecule has 1 atom stereocenters. The summed E-state index contributed by atoms with van der Waals surface area (Å²) in [5.74, 6) is 2.15. The number of aryl methyl sites for hydroxylation is 3. The molecule has 0 unspecified atom stereocenters. The first-order valence-corrected chi connectivity index (χ1v) is 10.2. The number of aromatic amines is 1. The first-order chi connectivity index (χ1) is 13.4. The van der Waals surface area contributed by atoms with Gasteiger partial charge in [-0.1, -0.05) is 5.16 Å². The van der Waals surface area contributed by atoms with Crippen LogP contribution in [0.2, 0.25) is 0 Å². The normalized spacial score (nSPS) is 15.4. The van der Waals surface area contributed by atoms with Gasteiger partial charge in [-0.2, -0.15) is 5.10 Å². The Balaban J connectivity index is 1.44. The smallest absolute Gasteiger partial charge is 0.252 e. The number of rotatable bonds is 5. The molecule has 0 aliphatic carbocycles. The van der Waals surface area contributed by atoms with E-state index in [-0.39, 0.29) is 11.9 Å². The molecule has 0 aromatic carbocycles. The number of nitrogens with one attached hydrogen (secondary N) is 2. The third-order valence-electron chi connectivity index (χ3n) is 5.18. The highest BCUT2D eigenvalue weighted by molar-refractivity contribution is 7.10. The zero-order valence-corrected chi connectivity index (χ0v) is 17.3. The molecule has 0 saturated heterocycles. The van der Waals surface area contributed by atoms with Crippen LogP contribution in [0, 0.1) is 20.8 Å². The molecule has 3 aromatic heterocycles. The molecule has 1 aliphatic heterocycles. The SMILES string of the molecule is Cc1nc([C@@H](C)NC(=O)c2csc3c2CCN(Cc2c(C)noc2C)C3)n[nH]1. The highest BCUT2D eigenvalue weighted by Crippen LogP contribution is 2.30. The van der Waals surface area contributed by atoms with Crippen molar-refractivity contribution in [3.8, 4) is 0 Å². The van der Waals surface area contributed by atoms with E-state index in [0.29, 0.717) is 5.82 Å². The predicted octanol–water partition coefficient (Wildman–Crippen LogP) is 2.83. The van der Waals surface area contributed by atoms with Gasteiger partial charge >= 0.3 is 0 Å². The number of carbonyl (C=O) groups is 1. The molecule has 0 bridgehead atoms. The van der Waals surface area contributed by atoms with E-state index in [0.717, 1.165) is 60.0 Å². The van der Waals surface area contributed by atoms with Crippen LogP contribution in [0.15, 0.2) is 9.90 Å². The number of hydrogen-bond acceptors (Lipinski definition) is 7. The maximum Gasteiger partial charge on any atom is 0.252 e. The maximum atomic E-state index is 12.8. The van der Waals surface area contributed by atoms with Crippen LogP contribution in [0.5, 0.6) is 0 Å². The van der Waals surface area contributed by atoms with Gasteiger partial charge < -0.3 is 9.84 Å². The van der Waals surface area contributed by atoms with Gasteiger partial charge in [0.2, 0.25) is 0 Å². The van der Waals surface area contributed by atoms with Crippen LogP contribution in [-0.2, 0) is 19.5 Å². The summed E-state index contributed by atoms with van der Waals surface area (Å²) in [7, 11) is 0. The fourth-order valence-electron chi connectivity index (χ4n) is 3.55. The minimum Gasteiger partial charge on any atom is -0.361 e. The second-order valence-corrected chi connectivity index (χ2v) is 8.25. The van der Waals surface area contributed by atoms with Crippen molar-refractivity contribution < 1.29 is 9.32 Å². The largest absolute Gasteiger partial charge is 0.361 e. The molecule has 0 radical (unpaired) electrons. The molecule has 2 N–H and O–H groups in total. The standard InChI is InChI=1S/C19H24N6O2S/c1-10-15(12(3)27-24-10)7-25-6-5-14-16(9-28-17(14)8-25)19(26)20-11(2)18-21-13(4)22-23-18/h9,11H,5-8H2,1-4H3,(H,20,26)(H,21,22,23)/t11-/m1/s1. The Morgan fingerprint density at radius 3 is 2.93 bits per heavy atom. The summed E-state index contributed by atoms with van der Waals surface area (Å²) < 4.78 is 5.28. The van der Waals surface area contributed by atoms with E-state index in [4.69, 9.17) is 4.52 Å². The molecule has 4 rings (SSSR count). The molecule has 4 heterocycles. The summed E-state index contributed by atoms with van der Waals surface area (Å²) in [6, 6.07) is -0.243. The lowest BCUT2D eigenvalue weighted by molar-refractivity contribution is 0.0937. The lowest BCUT2D eigenvalue weighted by Crippen LogP contribution is -2.32. The molecule has 148 valence electrons. The molecule has 1 aliphatic rings. The topological polar surface area (TPSA) is 99.9 Å². The Hall–Kier alpha value is -2.52. The van der Waals surface area contributed by atoms with Crippen LogP contribution in [0.1, 0.15) is 62.4 Å². The van der Waals surface area contributed by atoms with Crippen molar-refractivity contribution in [2.24, 2.45) is 0 Å². The molecule has 8 nitrogen and oxygen atoms in total. The average Bonchev–Trinajstić information content (AvgIpc) is 3.36. The summed E-state index contributed by atoms with van der Waals surface area (Å²) in [6.45, 7) is 10.2. The highest BCUT2D eigenvalue weighted by atomic mass is 32.1. The minimum atomic E-state index is -0.243. The molecular formula is C19H24N6O2S. The fraction of sp³-hybridized carbons (Fsp3) is 0.474. The van der Waals surface area contributed by atoms with Crippen molar-refractivity contribution in [3.05, 3.63) is 50.1 Å². The molecular weight excluding hydrogens is 376 g/mol. The van der Waals surface area contributed by atoms with Crippen LogP contribution < -0.4 is 5.32 Å². The quantitative estimate of drug-likeness (QED) is 0.683. The van der Waals surface area contributed by atoms with E-state index < -0.39 is 0 Å². The number of amides is 1. The molecule has 3 aromatic rings. The van der Waals surface area contributed by atoms with Crippen molar-refractivity contribution in [3.63, 3.8) is 0 Å². The van der Waals surface area contributed by atoms with E-state index in [1.807, 2.05) is 33.1 Å². The highest BCUT2D eigenvalue weighted by Gasteiger charge is 2.26. The van der Waals surface area contributed by atoms with E-state index in [1.54, 1.807) is 11.3 Å². The summed E-state index contributed by atoms with van der Waals surface area (Å²) in [5, 5.41) is 16.0. The summed E-state index contributed by atoms with van der Waals surface area (Å²) in [6.07, 6.45) is 0.860. The number of fused-ring (bicyclic) bond motifs is 1. The van der Waals surface area contributed by atoms with E-state index in [2.05, 4.69) is 30.6 Å². The summed E-state index contributed by atoms with van der Waals surface area (Å²) in [4.78, 5) is 20.7. The Morgan fingerprint density at radius 2 is 2.25 bits per heavy atom. The van der Waals surface area contributed by atoms with Gasteiger partial charge in [0.05, 0.1) is 17.3 Å². The fourth-order valence-corrected chi connectivity index (χ4v) is 4.67. The van der Waals surface area contributed by atoms with Crippen LogP contribution in [0.25, 0.3) is 0 Å². The molecule has 0 fully saturated rings. The second kappa shape index (κ2) is 7.48. The zero-order valence-electron chi connectivity index (χ0n) is 16.5. The predicted molar refractivity (Wildman–Crippen MR) is 105 cm³/mol. The molecule has 0 saturated carbocycles. The Labute approximate surface area is 167 Å². The van der Waals surface area contributed by atoms with Crippen molar-refractivity contribution in [1.29, 1.82) is 0 Å². The van der Waals surface area contributed by atoms with E-state index in [1.165, 1.54) is 4.88 Å². The first kappa shape index (κ1) is 18.8. The number of hydrogen-bond donors (Lipinski definition) is 2. The third kappa shape index (κ3) is 3.59. The number of H-pyrrole nitrogens is 1. The van der Waals surface area contributed by atoms with Gasteiger partial charge in [-0.3, -0.25) is 14.8 Å². The molecule has 28 heavy (non-hydrogen) atoms. The Kier molecular flexibility index (Phi) is 5.03. The van der Waals surface area contributed by atoms with Crippen molar-refractivity contribution in [1.82, 2.24) is 30.6 Å². The van der Waals surface area contributed by atoms with Crippen LogP contribution in [-0.4, -0.2) is 37.7 Å². The van der Waals surface area contributed by atoms with Gasteiger partial charge in [-0.25, -0.2) is 4.98 Å². The van der Waals surface area contributed by atoms with Crippen LogP contribution >= 0.6 is 11.3 Å².